The molecule has 0 unspecified atom stereocenters. The molecule has 0 atom stereocenters. The Morgan fingerprint density at radius 3 is 2.33 bits per heavy atom. The molecule has 1 fully saturated rings. The summed E-state index contributed by atoms with van der Waals surface area (Å²) in [5.41, 5.74) is 1.47. The van der Waals surface area contributed by atoms with Crippen molar-refractivity contribution in [3.63, 3.8) is 0 Å². The average Bonchev–Trinajstić information content (AvgIpc) is 3.21. The summed E-state index contributed by atoms with van der Waals surface area (Å²) in [6.45, 7) is 1.18. The van der Waals surface area contributed by atoms with Crippen LogP contribution in [0.5, 0.6) is 0 Å². The van der Waals surface area contributed by atoms with E-state index in [-0.39, 0.29) is 30.8 Å². The molecule has 0 saturated heterocycles. The number of hydrogen-bond acceptors (Lipinski definition) is 3. The summed E-state index contributed by atoms with van der Waals surface area (Å²) in [6.07, 6.45) is 1.92. The molecule has 2 rings (SSSR count). The molecule has 0 heterocycles. The van der Waals surface area contributed by atoms with Gasteiger partial charge in [0.05, 0.1) is 6.42 Å². The van der Waals surface area contributed by atoms with E-state index in [0.29, 0.717) is 5.69 Å². The quantitative estimate of drug-likeness (QED) is 0.826. The van der Waals surface area contributed by atoms with E-state index in [1.54, 1.807) is 24.3 Å². The Hall–Kier alpha value is -2.37. The van der Waals surface area contributed by atoms with Gasteiger partial charge in [0.2, 0.25) is 11.8 Å². The van der Waals surface area contributed by atoms with E-state index in [1.807, 2.05) is 0 Å². The summed E-state index contributed by atoms with van der Waals surface area (Å²) in [7, 11) is 0. The first-order chi connectivity index (χ1) is 9.95. The fraction of sp³-hybridized carbons (Fsp3) is 0.400. The van der Waals surface area contributed by atoms with Crippen molar-refractivity contribution in [1.82, 2.24) is 4.90 Å². The summed E-state index contributed by atoms with van der Waals surface area (Å²) in [6, 6.07) is 7.04. The van der Waals surface area contributed by atoms with Crippen LogP contribution in [0.15, 0.2) is 24.3 Å². The maximum Gasteiger partial charge on any atom is 0.323 e. The molecule has 2 amide bonds. The van der Waals surface area contributed by atoms with E-state index in [4.69, 9.17) is 5.11 Å². The highest BCUT2D eigenvalue weighted by molar-refractivity contribution is 5.88. The van der Waals surface area contributed by atoms with Crippen LogP contribution in [0, 0.1) is 0 Å². The predicted octanol–water partition coefficient (Wildman–Crippen LogP) is 1.26. The number of nitrogens with zero attached hydrogens (tertiary/aromatic N) is 1. The number of carboxylic acid groups (broad SMARTS) is 1. The zero-order chi connectivity index (χ0) is 15.4. The number of hydrogen-bond donors (Lipinski definition) is 2. The average molecular weight is 290 g/mol. The molecular formula is C15H18N2O4. The lowest BCUT2D eigenvalue weighted by atomic mass is 10.1. The third kappa shape index (κ3) is 4.59. The van der Waals surface area contributed by atoms with Crippen molar-refractivity contribution in [2.24, 2.45) is 0 Å². The Bertz CT molecular complexity index is 549. The normalized spacial score (nSPS) is 13.6. The maximum atomic E-state index is 12.2. The Morgan fingerprint density at radius 2 is 1.86 bits per heavy atom. The third-order valence-corrected chi connectivity index (χ3v) is 3.24. The fourth-order valence-corrected chi connectivity index (χ4v) is 2.14. The molecule has 1 aromatic carbocycles. The number of amides is 2. The number of nitrogens with one attached hydrogen (secondary N) is 1. The van der Waals surface area contributed by atoms with Crippen LogP contribution >= 0.6 is 0 Å². The highest BCUT2D eigenvalue weighted by Gasteiger charge is 2.33. The lowest BCUT2D eigenvalue weighted by Crippen LogP contribution is -2.38. The molecule has 6 nitrogen and oxygen atoms in total. The van der Waals surface area contributed by atoms with Crippen molar-refractivity contribution in [3.05, 3.63) is 29.8 Å². The summed E-state index contributed by atoms with van der Waals surface area (Å²) >= 11 is 0. The predicted molar refractivity (Wildman–Crippen MR) is 76.8 cm³/mol. The van der Waals surface area contributed by atoms with Gasteiger partial charge in [-0.15, -0.1) is 0 Å². The summed E-state index contributed by atoms with van der Waals surface area (Å²) < 4.78 is 0. The van der Waals surface area contributed by atoms with Crippen LogP contribution in [0.3, 0.4) is 0 Å². The van der Waals surface area contributed by atoms with E-state index in [2.05, 4.69) is 5.32 Å². The molecule has 0 radical (unpaired) electrons. The molecule has 1 aliphatic rings. The lowest BCUT2D eigenvalue weighted by Gasteiger charge is -2.20. The van der Waals surface area contributed by atoms with Gasteiger partial charge >= 0.3 is 5.97 Å². The standard InChI is InChI=1S/C15H18N2O4/c1-10(18)16-12-4-2-11(3-5-12)8-14(19)17(9-15(20)21)13-6-7-13/h2-5,13H,6-9H2,1H3,(H,16,18)(H,20,21). The van der Waals surface area contributed by atoms with Crippen molar-refractivity contribution in [2.45, 2.75) is 32.2 Å². The molecule has 0 bridgehead atoms. The zero-order valence-corrected chi connectivity index (χ0v) is 11.8. The van der Waals surface area contributed by atoms with Gasteiger partial charge in [-0.05, 0) is 30.5 Å². The van der Waals surface area contributed by atoms with Gasteiger partial charge in [0.1, 0.15) is 6.54 Å². The van der Waals surface area contributed by atoms with E-state index in [0.717, 1.165) is 18.4 Å². The van der Waals surface area contributed by atoms with Crippen molar-refractivity contribution < 1.29 is 19.5 Å². The number of rotatable bonds is 6. The zero-order valence-electron chi connectivity index (χ0n) is 11.8. The number of benzene rings is 1. The Kier molecular flexibility index (Phi) is 4.57. The molecule has 21 heavy (non-hydrogen) atoms. The van der Waals surface area contributed by atoms with Gasteiger partial charge in [0.25, 0.3) is 0 Å². The second-order valence-corrected chi connectivity index (χ2v) is 5.20. The molecular weight excluding hydrogens is 272 g/mol. The first kappa shape index (κ1) is 15.0. The van der Waals surface area contributed by atoms with Gasteiger partial charge in [0.15, 0.2) is 0 Å². The molecule has 0 aliphatic heterocycles. The van der Waals surface area contributed by atoms with Gasteiger partial charge in [-0.3, -0.25) is 14.4 Å². The third-order valence-electron chi connectivity index (χ3n) is 3.24. The minimum Gasteiger partial charge on any atom is -0.480 e. The van der Waals surface area contributed by atoms with Gasteiger partial charge in [-0.1, -0.05) is 12.1 Å². The number of aliphatic carboxylic acids is 1. The Labute approximate surface area is 122 Å². The summed E-state index contributed by atoms with van der Waals surface area (Å²) in [5, 5.41) is 11.5. The molecule has 0 spiro atoms. The SMILES string of the molecule is CC(=O)Nc1ccc(CC(=O)N(CC(=O)O)C2CC2)cc1. The highest BCUT2D eigenvalue weighted by atomic mass is 16.4. The molecule has 6 heteroatoms. The molecule has 1 aliphatic carbocycles. The first-order valence-electron chi connectivity index (χ1n) is 6.83. The van der Waals surface area contributed by atoms with Crippen LogP contribution in [0.1, 0.15) is 25.3 Å². The van der Waals surface area contributed by atoms with Crippen LogP contribution in [-0.2, 0) is 20.8 Å². The summed E-state index contributed by atoms with van der Waals surface area (Å²) in [4.78, 5) is 35.4. The van der Waals surface area contributed by atoms with E-state index in [1.165, 1.54) is 11.8 Å². The second-order valence-electron chi connectivity index (χ2n) is 5.20. The number of carboxylic acids is 1. The first-order valence-corrected chi connectivity index (χ1v) is 6.83. The number of carbonyl (C=O) groups excluding carboxylic acids is 2. The lowest BCUT2D eigenvalue weighted by molar-refractivity contribution is -0.144. The fourth-order valence-electron chi connectivity index (χ4n) is 2.14. The van der Waals surface area contributed by atoms with Gasteiger partial charge in [0, 0.05) is 18.7 Å². The molecule has 1 aromatic rings. The minimum absolute atomic E-state index is 0.0762. The smallest absolute Gasteiger partial charge is 0.323 e. The minimum atomic E-state index is -0.990. The van der Waals surface area contributed by atoms with E-state index < -0.39 is 5.97 Å². The molecule has 0 aromatic heterocycles. The van der Waals surface area contributed by atoms with Crippen molar-refractivity contribution in [2.75, 3.05) is 11.9 Å². The van der Waals surface area contributed by atoms with Crippen LogP contribution in [0.2, 0.25) is 0 Å². The number of carbonyl (C=O) groups is 3. The van der Waals surface area contributed by atoms with E-state index >= 15 is 0 Å². The molecule has 2 N–H and O–H groups in total. The Morgan fingerprint density at radius 1 is 1.24 bits per heavy atom. The topological polar surface area (TPSA) is 86.7 Å². The van der Waals surface area contributed by atoms with Crippen molar-refractivity contribution in [3.8, 4) is 0 Å². The van der Waals surface area contributed by atoms with E-state index in [9.17, 15) is 14.4 Å². The monoisotopic (exact) mass is 290 g/mol. The highest BCUT2D eigenvalue weighted by Crippen LogP contribution is 2.27. The Balaban J connectivity index is 1.97. The molecule has 112 valence electrons. The van der Waals surface area contributed by atoms with Crippen molar-refractivity contribution in [1.29, 1.82) is 0 Å². The number of anilines is 1. The van der Waals surface area contributed by atoms with Crippen LogP contribution in [-0.4, -0.2) is 40.4 Å². The van der Waals surface area contributed by atoms with Gasteiger partial charge in [-0.2, -0.15) is 0 Å². The largest absolute Gasteiger partial charge is 0.480 e. The van der Waals surface area contributed by atoms with Crippen LogP contribution in [0.25, 0.3) is 0 Å². The van der Waals surface area contributed by atoms with Gasteiger partial charge in [-0.25, -0.2) is 0 Å². The second kappa shape index (κ2) is 6.39. The van der Waals surface area contributed by atoms with Gasteiger partial charge < -0.3 is 15.3 Å². The van der Waals surface area contributed by atoms with Crippen LogP contribution in [0.4, 0.5) is 5.69 Å². The molecule has 1 saturated carbocycles. The maximum absolute atomic E-state index is 12.2. The van der Waals surface area contributed by atoms with Crippen LogP contribution < -0.4 is 5.32 Å². The van der Waals surface area contributed by atoms with Crippen molar-refractivity contribution >= 4 is 23.5 Å². The summed E-state index contributed by atoms with van der Waals surface area (Å²) in [5.74, 6) is -1.32.